The molecule has 0 spiro atoms. The number of methoxy groups -OCH3 is 1. The van der Waals surface area contributed by atoms with E-state index in [-0.39, 0.29) is 16.6 Å². The van der Waals surface area contributed by atoms with Crippen molar-refractivity contribution in [3.05, 3.63) is 30.1 Å². The topological polar surface area (TPSA) is 97.0 Å². The smallest absolute Gasteiger partial charge is 0.267 e. The van der Waals surface area contributed by atoms with Crippen LogP contribution in [0.3, 0.4) is 0 Å². The van der Waals surface area contributed by atoms with Gasteiger partial charge in [-0.05, 0) is 19.1 Å². The molecule has 2 rings (SSSR count). The lowest BCUT2D eigenvalue weighted by molar-refractivity contribution is 0.403. The number of para-hydroxylation sites is 1. The number of aromatic amines is 1. The van der Waals surface area contributed by atoms with Crippen LogP contribution in [0.2, 0.25) is 0 Å². The number of rotatable bonds is 4. The molecule has 96 valence electrons. The second-order valence-electron chi connectivity index (χ2n) is 3.50. The fraction of sp³-hybridized carbons (Fsp3) is 0.200. The molecule has 1 aromatic heterocycles. The van der Waals surface area contributed by atoms with E-state index in [4.69, 9.17) is 4.74 Å². The van der Waals surface area contributed by atoms with Crippen LogP contribution in [0.5, 0.6) is 5.75 Å². The van der Waals surface area contributed by atoms with Crippen molar-refractivity contribution in [2.75, 3.05) is 11.8 Å². The Morgan fingerprint density at radius 2 is 2.06 bits per heavy atom. The summed E-state index contributed by atoms with van der Waals surface area (Å²) >= 11 is 0. The third-order valence-corrected chi connectivity index (χ3v) is 3.55. The van der Waals surface area contributed by atoms with Gasteiger partial charge in [0.15, 0.2) is 0 Å². The van der Waals surface area contributed by atoms with Crippen molar-refractivity contribution in [1.82, 2.24) is 15.2 Å². The molecule has 0 saturated carbocycles. The number of sulfonamides is 1. The molecule has 0 bridgehead atoms. The van der Waals surface area contributed by atoms with E-state index in [1.165, 1.54) is 13.2 Å². The number of hydrogen-bond donors (Lipinski definition) is 2. The molecular formula is C10H12N4O3S. The van der Waals surface area contributed by atoms with Crippen molar-refractivity contribution in [2.45, 2.75) is 11.8 Å². The first kappa shape index (κ1) is 12.4. The normalized spacial score (nSPS) is 11.2. The maximum absolute atomic E-state index is 12.1. The number of nitrogens with one attached hydrogen (secondary N) is 2. The van der Waals surface area contributed by atoms with E-state index in [2.05, 4.69) is 19.9 Å². The lowest BCUT2D eigenvalue weighted by atomic mass is 10.3. The molecule has 0 amide bonds. The van der Waals surface area contributed by atoms with E-state index >= 15 is 0 Å². The number of anilines is 1. The number of benzene rings is 1. The van der Waals surface area contributed by atoms with Crippen LogP contribution in [-0.2, 0) is 10.0 Å². The SMILES string of the molecule is COc1ccccc1S(=O)(=O)Nc1n[nH]c(C)n1. The van der Waals surface area contributed by atoms with Gasteiger partial charge in [0.2, 0.25) is 0 Å². The van der Waals surface area contributed by atoms with Gasteiger partial charge in [-0.3, -0.25) is 5.10 Å². The highest BCUT2D eigenvalue weighted by atomic mass is 32.2. The van der Waals surface area contributed by atoms with Gasteiger partial charge in [-0.1, -0.05) is 12.1 Å². The third-order valence-electron chi connectivity index (χ3n) is 2.18. The first-order valence-electron chi connectivity index (χ1n) is 5.08. The minimum absolute atomic E-state index is 0.00148. The lowest BCUT2D eigenvalue weighted by Crippen LogP contribution is -2.15. The molecular weight excluding hydrogens is 256 g/mol. The average Bonchev–Trinajstić information content (AvgIpc) is 2.74. The van der Waals surface area contributed by atoms with Crippen LogP contribution in [0.15, 0.2) is 29.2 Å². The highest BCUT2D eigenvalue weighted by molar-refractivity contribution is 7.92. The van der Waals surface area contributed by atoms with E-state index < -0.39 is 10.0 Å². The van der Waals surface area contributed by atoms with Crippen molar-refractivity contribution in [1.29, 1.82) is 0 Å². The number of H-pyrrole nitrogens is 1. The summed E-state index contributed by atoms with van der Waals surface area (Å²) < 4.78 is 31.5. The van der Waals surface area contributed by atoms with E-state index in [0.717, 1.165) is 0 Å². The summed E-state index contributed by atoms with van der Waals surface area (Å²) in [5.74, 6) is 0.781. The first-order chi connectivity index (χ1) is 8.53. The van der Waals surface area contributed by atoms with Crippen molar-refractivity contribution < 1.29 is 13.2 Å². The molecule has 0 radical (unpaired) electrons. The van der Waals surface area contributed by atoms with Gasteiger partial charge in [-0.15, -0.1) is 5.10 Å². The summed E-state index contributed by atoms with van der Waals surface area (Å²) in [6.45, 7) is 1.67. The molecule has 7 nitrogen and oxygen atoms in total. The largest absolute Gasteiger partial charge is 0.495 e. The second kappa shape index (κ2) is 4.65. The minimum atomic E-state index is -3.76. The summed E-state index contributed by atoms with van der Waals surface area (Å²) in [4.78, 5) is 3.92. The predicted molar refractivity (Wildman–Crippen MR) is 64.9 cm³/mol. The van der Waals surface area contributed by atoms with Gasteiger partial charge in [-0.25, -0.2) is 13.1 Å². The Kier molecular flexibility index (Phi) is 3.19. The Labute approximate surface area is 104 Å². The van der Waals surface area contributed by atoms with Crippen LogP contribution in [0.25, 0.3) is 0 Å². The Balaban J connectivity index is 2.36. The van der Waals surface area contributed by atoms with Crippen molar-refractivity contribution >= 4 is 16.0 Å². The standard InChI is InChI=1S/C10H12N4O3S/c1-7-11-10(13-12-7)14-18(15,16)9-6-4-3-5-8(9)17-2/h3-6H,1-2H3,(H2,11,12,13,14). The Bertz CT molecular complexity index is 651. The molecule has 0 aliphatic carbocycles. The average molecular weight is 268 g/mol. The van der Waals surface area contributed by atoms with Crippen molar-refractivity contribution in [3.8, 4) is 5.75 Å². The van der Waals surface area contributed by atoms with Crippen LogP contribution in [0.1, 0.15) is 5.82 Å². The van der Waals surface area contributed by atoms with E-state index in [1.54, 1.807) is 25.1 Å². The maximum Gasteiger partial charge on any atom is 0.267 e. The highest BCUT2D eigenvalue weighted by Crippen LogP contribution is 2.24. The number of aromatic nitrogens is 3. The molecule has 8 heteroatoms. The van der Waals surface area contributed by atoms with Gasteiger partial charge in [0.05, 0.1) is 7.11 Å². The minimum Gasteiger partial charge on any atom is -0.495 e. The molecule has 18 heavy (non-hydrogen) atoms. The van der Waals surface area contributed by atoms with Crippen LogP contribution < -0.4 is 9.46 Å². The molecule has 1 heterocycles. The van der Waals surface area contributed by atoms with Gasteiger partial charge >= 0.3 is 0 Å². The molecule has 2 aromatic rings. The monoisotopic (exact) mass is 268 g/mol. The van der Waals surface area contributed by atoms with Gasteiger partial charge in [0, 0.05) is 0 Å². The second-order valence-corrected chi connectivity index (χ2v) is 5.15. The molecule has 0 atom stereocenters. The Morgan fingerprint density at radius 1 is 1.33 bits per heavy atom. The Hall–Kier alpha value is -2.09. The van der Waals surface area contributed by atoms with Crippen molar-refractivity contribution in [2.24, 2.45) is 0 Å². The zero-order valence-electron chi connectivity index (χ0n) is 9.84. The van der Waals surface area contributed by atoms with Gasteiger partial charge in [0.25, 0.3) is 16.0 Å². The van der Waals surface area contributed by atoms with Crippen LogP contribution >= 0.6 is 0 Å². The predicted octanol–water partition coefficient (Wildman–Crippen LogP) is 0.923. The fourth-order valence-electron chi connectivity index (χ4n) is 1.40. The molecule has 0 aliphatic rings. The molecule has 2 N–H and O–H groups in total. The molecule has 0 unspecified atom stereocenters. The van der Waals surface area contributed by atoms with Crippen molar-refractivity contribution in [3.63, 3.8) is 0 Å². The molecule has 0 aliphatic heterocycles. The fourth-order valence-corrected chi connectivity index (χ4v) is 2.52. The first-order valence-corrected chi connectivity index (χ1v) is 6.56. The van der Waals surface area contributed by atoms with E-state index in [9.17, 15) is 8.42 Å². The van der Waals surface area contributed by atoms with Crippen LogP contribution in [0.4, 0.5) is 5.95 Å². The summed E-state index contributed by atoms with van der Waals surface area (Å²) in [6, 6.07) is 6.31. The maximum atomic E-state index is 12.1. The number of hydrogen-bond acceptors (Lipinski definition) is 5. The Morgan fingerprint density at radius 3 is 2.67 bits per heavy atom. The van der Waals surface area contributed by atoms with Crippen LogP contribution in [0, 0.1) is 6.92 Å². The molecule has 1 aromatic carbocycles. The van der Waals surface area contributed by atoms with Gasteiger partial charge in [-0.2, -0.15) is 4.98 Å². The lowest BCUT2D eigenvalue weighted by Gasteiger charge is -2.08. The molecule has 0 fully saturated rings. The highest BCUT2D eigenvalue weighted by Gasteiger charge is 2.20. The number of nitrogens with zero attached hydrogens (tertiary/aromatic N) is 2. The van der Waals surface area contributed by atoms with E-state index in [0.29, 0.717) is 5.82 Å². The quantitative estimate of drug-likeness (QED) is 0.859. The summed E-state index contributed by atoms with van der Waals surface area (Å²) in [5, 5.41) is 6.27. The van der Waals surface area contributed by atoms with Gasteiger partial charge in [0.1, 0.15) is 16.5 Å². The summed E-state index contributed by atoms with van der Waals surface area (Å²) in [5.41, 5.74) is 0. The third kappa shape index (κ3) is 2.43. The van der Waals surface area contributed by atoms with E-state index in [1.807, 2.05) is 0 Å². The number of aryl methyl sites for hydroxylation is 1. The summed E-state index contributed by atoms with van der Waals surface area (Å²) in [6.07, 6.45) is 0. The zero-order valence-corrected chi connectivity index (χ0v) is 10.7. The van der Waals surface area contributed by atoms with Crippen LogP contribution in [-0.4, -0.2) is 30.7 Å². The number of ether oxygens (including phenoxy) is 1. The zero-order chi connectivity index (χ0) is 13.2. The molecule has 0 saturated heterocycles. The summed E-state index contributed by atoms with van der Waals surface area (Å²) in [7, 11) is -2.35. The van der Waals surface area contributed by atoms with Gasteiger partial charge < -0.3 is 4.74 Å².